The number of unbranched alkanes of at least 4 members (excludes halogenated alkanes) is 6. The molecule has 0 amide bonds. The zero-order valence-electron chi connectivity index (χ0n) is 15.4. The smallest absolute Gasteiger partial charge is 0.116 e. The number of phenols is 1. The lowest BCUT2D eigenvalue weighted by molar-refractivity contribution is 0.473. The van der Waals surface area contributed by atoms with Crippen LogP contribution < -0.4 is 0 Å². The standard InChI is InChI=1S/C22H34O/c1-4-7-10-12-15-20-18-21(23)17-19(14-9-6-3)22(20)16-13-11-8-5-2/h17-18,23H,4-12,14-15H2,1-3H3. The van der Waals surface area contributed by atoms with E-state index in [1.165, 1.54) is 61.6 Å². The van der Waals surface area contributed by atoms with Crippen LogP contribution in [0.25, 0.3) is 0 Å². The highest BCUT2D eigenvalue weighted by atomic mass is 16.3. The number of hydrogen-bond donors (Lipinski definition) is 1. The number of hydrogen-bond acceptors (Lipinski definition) is 1. The summed E-state index contributed by atoms with van der Waals surface area (Å²) in [5.41, 5.74) is 3.68. The fourth-order valence-electron chi connectivity index (χ4n) is 2.83. The van der Waals surface area contributed by atoms with Crippen LogP contribution in [0.3, 0.4) is 0 Å². The third-order valence-corrected chi connectivity index (χ3v) is 4.25. The molecule has 1 N–H and O–H groups in total. The van der Waals surface area contributed by atoms with Crippen LogP contribution in [0.2, 0.25) is 0 Å². The van der Waals surface area contributed by atoms with E-state index in [0.717, 1.165) is 25.7 Å². The molecular weight excluding hydrogens is 280 g/mol. The molecule has 128 valence electrons. The second-order valence-electron chi connectivity index (χ2n) is 6.46. The third kappa shape index (κ3) is 7.60. The maximum absolute atomic E-state index is 10.1. The molecule has 0 saturated carbocycles. The second kappa shape index (κ2) is 12.1. The minimum atomic E-state index is 0.403. The minimum Gasteiger partial charge on any atom is -0.508 e. The first-order valence-corrected chi connectivity index (χ1v) is 9.56. The van der Waals surface area contributed by atoms with E-state index in [2.05, 4.69) is 32.6 Å². The molecule has 0 aromatic heterocycles. The van der Waals surface area contributed by atoms with E-state index < -0.39 is 0 Å². The molecule has 1 heteroatoms. The molecule has 0 spiro atoms. The van der Waals surface area contributed by atoms with Gasteiger partial charge in [0.2, 0.25) is 0 Å². The molecule has 0 atom stereocenters. The average Bonchev–Trinajstić information content (AvgIpc) is 2.55. The van der Waals surface area contributed by atoms with Crippen LogP contribution in [0.1, 0.15) is 95.2 Å². The SMILES string of the molecule is CCCCC#Cc1c(CCCC)cc(O)cc1CCCCCC. The Morgan fingerprint density at radius 1 is 0.783 bits per heavy atom. The van der Waals surface area contributed by atoms with Crippen LogP contribution in [-0.2, 0) is 12.8 Å². The van der Waals surface area contributed by atoms with Crippen molar-refractivity contribution in [1.82, 2.24) is 0 Å². The number of aromatic hydroxyl groups is 1. The van der Waals surface area contributed by atoms with Crippen molar-refractivity contribution < 1.29 is 5.11 Å². The Kier molecular flexibility index (Phi) is 10.3. The molecular formula is C22H34O. The van der Waals surface area contributed by atoms with Gasteiger partial charge in [-0.1, -0.05) is 64.7 Å². The van der Waals surface area contributed by atoms with E-state index in [1.54, 1.807) is 0 Å². The van der Waals surface area contributed by atoms with Gasteiger partial charge < -0.3 is 5.11 Å². The van der Waals surface area contributed by atoms with Crippen LogP contribution in [0, 0.1) is 11.8 Å². The molecule has 0 radical (unpaired) electrons. The second-order valence-corrected chi connectivity index (χ2v) is 6.46. The van der Waals surface area contributed by atoms with Gasteiger partial charge in [0.15, 0.2) is 0 Å². The average molecular weight is 315 g/mol. The molecule has 0 aliphatic heterocycles. The number of aryl methyl sites for hydroxylation is 2. The first kappa shape index (κ1) is 19.6. The molecule has 0 unspecified atom stereocenters. The fourth-order valence-corrected chi connectivity index (χ4v) is 2.83. The quantitative estimate of drug-likeness (QED) is 0.391. The Morgan fingerprint density at radius 2 is 1.39 bits per heavy atom. The normalized spacial score (nSPS) is 10.4. The molecule has 1 aromatic rings. The van der Waals surface area contributed by atoms with Crippen molar-refractivity contribution in [2.24, 2.45) is 0 Å². The molecule has 0 aliphatic carbocycles. The number of benzene rings is 1. The van der Waals surface area contributed by atoms with Crippen LogP contribution in [0.4, 0.5) is 0 Å². The van der Waals surface area contributed by atoms with Crippen LogP contribution in [0.15, 0.2) is 12.1 Å². The molecule has 23 heavy (non-hydrogen) atoms. The molecule has 1 rings (SSSR count). The fraction of sp³-hybridized carbons (Fsp3) is 0.636. The lowest BCUT2D eigenvalue weighted by Gasteiger charge is -2.12. The van der Waals surface area contributed by atoms with Gasteiger partial charge in [-0.15, -0.1) is 0 Å². The number of rotatable bonds is 10. The summed E-state index contributed by atoms with van der Waals surface area (Å²) in [7, 11) is 0. The van der Waals surface area contributed by atoms with Crippen molar-refractivity contribution in [3.63, 3.8) is 0 Å². The summed E-state index contributed by atoms with van der Waals surface area (Å²) < 4.78 is 0. The number of phenolic OH excluding ortho intramolecular Hbond substituents is 1. The summed E-state index contributed by atoms with van der Waals surface area (Å²) in [5, 5.41) is 10.1. The monoisotopic (exact) mass is 314 g/mol. The van der Waals surface area contributed by atoms with Crippen molar-refractivity contribution in [1.29, 1.82) is 0 Å². The zero-order chi connectivity index (χ0) is 16.9. The highest BCUT2D eigenvalue weighted by molar-refractivity contribution is 5.51. The maximum Gasteiger partial charge on any atom is 0.116 e. The Bertz CT molecular complexity index is 505. The van der Waals surface area contributed by atoms with Gasteiger partial charge >= 0.3 is 0 Å². The van der Waals surface area contributed by atoms with Gasteiger partial charge in [0.25, 0.3) is 0 Å². The van der Waals surface area contributed by atoms with Gasteiger partial charge in [-0.2, -0.15) is 0 Å². The van der Waals surface area contributed by atoms with E-state index in [9.17, 15) is 5.11 Å². The van der Waals surface area contributed by atoms with E-state index in [0.29, 0.717) is 5.75 Å². The predicted molar refractivity (Wildman–Crippen MR) is 101 cm³/mol. The Hall–Kier alpha value is -1.42. The molecule has 0 saturated heterocycles. The van der Waals surface area contributed by atoms with Crippen LogP contribution >= 0.6 is 0 Å². The van der Waals surface area contributed by atoms with Crippen molar-refractivity contribution in [3.05, 3.63) is 28.8 Å². The highest BCUT2D eigenvalue weighted by Gasteiger charge is 2.09. The summed E-state index contributed by atoms with van der Waals surface area (Å²) in [5.74, 6) is 7.19. The van der Waals surface area contributed by atoms with Gasteiger partial charge in [-0.05, 0) is 55.4 Å². The van der Waals surface area contributed by atoms with Gasteiger partial charge in [0.1, 0.15) is 5.75 Å². The molecule has 0 aliphatic rings. The zero-order valence-corrected chi connectivity index (χ0v) is 15.4. The van der Waals surface area contributed by atoms with Crippen molar-refractivity contribution >= 4 is 0 Å². The first-order chi connectivity index (χ1) is 11.2. The van der Waals surface area contributed by atoms with E-state index in [1.807, 2.05) is 12.1 Å². The maximum atomic E-state index is 10.1. The van der Waals surface area contributed by atoms with Gasteiger partial charge in [-0.3, -0.25) is 0 Å². The lowest BCUT2D eigenvalue weighted by Crippen LogP contribution is -1.98. The van der Waals surface area contributed by atoms with Gasteiger partial charge in [0.05, 0.1) is 0 Å². The van der Waals surface area contributed by atoms with Gasteiger partial charge in [0, 0.05) is 12.0 Å². The van der Waals surface area contributed by atoms with E-state index >= 15 is 0 Å². The third-order valence-electron chi connectivity index (χ3n) is 4.25. The van der Waals surface area contributed by atoms with Crippen molar-refractivity contribution in [2.75, 3.05) is 0 Å². The largest absolute Gasteiger partial charge is 0.508 e. The van der Waals surface area contributed by atoms with E-state index in [4.69, 9.17) is 0 Å². The van der Waals surface area contributed by atoms with Crippen molar-refractivity contribution in [3.8, 4) is 17.6 Å². The minimum absolute atomic E-state index is 0.403. The Morgan fingerprint density at radius 3 is 2.00 bits per heavy atom. The summed E-state index contributed by atoms with van der Waals surface area (Å²) in [6.07, 6.45) is 12.7. The topological polar surface area (TPSA) is 20.2 Å². The molecule has 1 nitrogen and oxygen atoms in total. The summed E-state index contributed by atoms with van der Waals surface area (Å²) in [6.45, 7) is 6.65. The molecule has 0 bridgehead atoms. The first-order valence-electron chi connectivity index (χ1n) is 9.56. The lowest BCUT2D eigenvalue weighted by atomic mass is 9.93. The molecule has 1 aromatic carbocycles. The predicted octanol–water partition coefficient (Wildman–Crippen LogP) is 6.40. The highest BCUT2D eigenvalue weighted by Crippen LogP contribution is 2.25. The molecule has 0 fully saturated rings. The molecule has 0 heterocycles. The summed E-state index contributed by atoms with van der Waals surface area (Å²) >= 11 is 0. The Labute approximate surface area is 143 Å². The van der Waals surface area contributed by atoms with Crippen molar-refractivity contribution in [2.45, 2.75) is 91.4 Å². The summed E-state index contributed by atoms with van der Waals surface area (Å²) in [4.78, 5) is 0. The summed E-state index contributed by atoms with van der Waals surface area (Å²) in [6, 6.07) is 3.86. The van der Waals surface area contributed by atoms with E-state index in [-0.39, 0.29) is 0 Å². The van der Waals surface area contributed by atoms with Crippen LogP contribution in [0.5, 0.6) is 5.75 Å². The van der Waals surface area contributed by atoms with Crippen LogP contribution in [-0.4, -0.2) is 5.11 Å². The Balaban J connectivity index is 2.97. The van der Waals surface area contributed by atoms with Gasteiger partial charge in [-0.25, -0.2) is 0 Å².